The number of rotatable bonds is 4. The van der Waals surface area contributed by atoms with Gasteiger partial charge in [-0.05, 0) is 80.6 Å². The second-order valence-electron chi connectivity index (χ2n) is 6.84. The maximum Gasteiger partial charge on any atom is 0.255 e. The molecule has 1 amide bonds. The first-order valence-electron chi connectivity index (χ1n) is 8.78. The number of amides is 1. The van der Waals surface area contributed by atoms with Gasteiger partial charge in [0.1, 0.15) is 0 Å². The normalized spacial score (nSPS) is 15.2. The Kier molecular flexibility index (Phi) is 5.16. The van der Waals surface area contributed by atoms with E-state index in [2.05, 4.69) is 5.32 Å². The average Bonchev–Trinajstić information content (AvgIpc) is 3.14. The molecule has 0 saturated carbocycles. The monoisotopic (exact) mass is 372 g/mol. The number of anilines is 1. The standard InChI is InChI=1S/C20H24N2O3S/c1-14-12-16(3)19(13-15(14)2)20(23)21-17-6-8-18(9-7-17)26(24,25)22-10-4-5-11-22/h6-9,12-13H,4-5,10-11H2,1-3H3,(H,21,23). The molecule has 0 radical (unpaired) electrons. The Hall–Kier alpha value is -2.18. The fraction of sp³-hybridized carbons (Fsp3) is 0.350. The number of carbonyl (C=O) groups is 1. The van der Waals surface area contributed by atoms with Gasteiger partial charge in [0.05, 0.1) is 4.90 Å². The summed E-state index contributed by atoms with van der Waals surface area (Å²) in [5, 5.41) is 2.85. The zero-order valence-electron chi connectivity index (χ0n) is 15.4. The van der Waals surface area contributed by atoms with Gasteiger partial charge in [0, 0.05) is 24.3 Å². The molecule has 0 bridgehead atoms. The molecular weight excluding hydrogens is 348 g/mol. The molecule has 1 N–H and O–H groups in total. The zero-order chi connectivity index (χ0) is 18.9. The van der Waals surface area contributed by atoms with Crippen molar-refractivity contribution in [3.63, 3.8) is 0 Å². The summed E-state index contributed by atoms with van der Waals surface area (Å²) in [6, 6.07) is 10.3. The highest BCUT2D eigenvalue weighted by molar-refractivity contribution is 7.89. The number of nitrogens with one attached hydrogen (secondary N) is 1. The van der Waals surface area contributed by atoms with Gasteiger partial charge in [-0.2, -0.15) is 4.31 Å². The second-order valence-corrected chi connectivity index (χ2v) is 8.78. The van der Waals surface area contributed by atoms with E-state index in [1.54, 1.807) is 24.3 Å². The topological polar surface area (TPSA) is 66.5 Å². The summed E-state index contributed by atoms with van der Waals surface area (Å²) in [7, 11) is -3.43. The molecule has 2 aromatic rings. The Labute approximate surface area is 155 Å². The summed E-state index contributed by atoms with van der Waals surface area (Å²) in [4.78, 5) is 12.8. The van der Waals surface area contributed by atoms with Crippen molar-refractivity contribution in [1.82, 2.24) is 4.31 Å². The van der Waals surface area contributed by atoms with Crippen molar-refractivity contribution in [2.75, 3.05) is 18.4 Å². The first-order valence-corrected chi connectivity index (χ1v) is 10.2. The van der Waals surface area contributed by atoms with Gasteiger partial charge in [0.25, 0.3) is 5.91 Å². The number of hydrogen-bond acceptors (Lipinski definition) is 3. The molecule has 3 rings (SSSR count). The minimum absolute atomic E-state index is 0.194. The van der Waals surface area contributed by atoms with E-state index < -0.39 is 10.0 Å². The molecule has 0 aromatic heterocycles. The fourth-order valence-corrected chi connectivity index (χ4v) is 4.71. The number of sulfonamides is 1. The van der Waals surface area contributed by atoms with Crippen LogP contribution >= 0.6 is 0 Å². The van der Waals surface area contributed by atoms with E-state index in [1.807, 2.05) is 32.9 Å². The number of nitrogens with zero attached hydrogens (tertiary/aromatic N) is 1. The summed E-state index contributed by atoms with van der Waals surface area (Å²) in [6.45, 7) is 7.06. The average molecular weight is 372 g/mol. The minimum Gasteiger partial charge on any atom is -0.322 e. The van der Waals surface area contributed by atoms with Crippen LogP contribution in [0.4, 0.5) is 5.69 Å². The predicted molar refractivity (Wildman–Crippen MR) is 103 cm³/mol. The first kappa shape index (κ1) is 18.6. The lowest BCUT2D eigenvalue weighted by Gasteiger charge is -2.16. The van der Waals surface area contributed by atoms with Crippen LogP contribution < -0.4 is 5.32 Å². The SMILES string of the molecule is Cc1cc(C)c(C(=O)Nc2ccc(S(=O)(=O)N3CCCC3)cc2)cc1C. The molecule has 1 aliphatic rings. The van der Waals surface area contributed by atoms with E-state index in [0.29, 0.717) is 24.3 Å². The number of benzene rings is 2. The van der Waals surface area contributed by atoms with Crippen LogP contribution in [-0.4, -0.2) is 31.7 Å². The molecule has 0 spiro atoms. The van der Waals surface area contributed by atoms with Crippen molar-refractivity contribution in [3.05, 3.63) is 58.7 Å². The molecule has 6 heteroatoms. The van der Waals surface area contributed by atoms with Crippen LogP contribution in [0.15, 0.2) is 41.3 Å². The van der Waals surface area contributed by atoms with E-state index in [-0.39, 0.29) is 10.8 Å². The molecule has 1 aliphatic heterocycles. The Morgan fingerprint density at radius 2 is 1.50 bits per heavy atom. The predicted octanol–water partition coefficient (Wildman–Crippen LogP) is 3.65. The molecule has 1 fully saturated rings. The molecule has 0 aliphatic carbocycles. The Balaban J connectivity index is 1.77. The van der Waals surface area contributed by atoms with E-state index in [1.165, 1.54) is 4.31 Å². The Morgan fingerprint density at radius 1 is 0.923 bits per heavy atom. The van der Waals surface area contributed by atoms with Gasteiger partial charge in [-0.15, -0.1) is 0 Å². The quantitative estimate of drug-likeness (QED) is 0.891. The lowest BCUT2D eigenvalue weighted by molar-refractivity contribution is 0.102. The van der Waals surface area contributed by atoms with Crippen LogP contribution in [0.5, 0.6) is 0 Å². The third kappa shape index (κ3) is 3.66. The highest BCUT2D eigenvalue weighted by Gasteiger charge is 2.26. The van der Waals surface area contributed by atoms with Crippen molar-refractivity contribution < 1.29 is 13.2 Å². The maximum absolute atomic E-state index is 12.6. The van der Waals surface area contributed by atoms with E-state index in [0.717, 1.165) is 29.5 Å². The summed E-state index contributed by atoms with van der Waals surface area (Å²) in [6.07, 6.45) is 1.81. The molecule has 0 atom stereocenters. The molecular formula is C20H24N2O3S. The molecule has 1 heterocycles. The summed E-state index contributed by atoms with van der Waals surface area (Å²) >= 11 is 0. The maximum atomic E-state index is 12.6. The van der Waals surface area contributed by atoms with Gasteiger partial charge in [-0.3, -0.25) is 4.79 Å². The van der Waals surface area contributed by atoms with Crippen molar-refractivity contribution in [1.29, 1.82) is 0 Å². The van der Waals surface area contributed by atoms with Crippen molar-refractivity contribution in [2.45, 2.75) is 38.5 Å². The fourth-order valence-electron chi connectivity index (χ4n) is 3.19. The molecule has 0 unspecified atom stereocenters. The summed E-state index contributed by atoms with van der Waals surface area (Å²) < 4.78 is 26.6. The third-order valence-electron chi connectivity index (χ3n) is 4.90. The first-order chi connectivity index (χ1) is 12.3. The van der Waals surface area contributed by atoms with Gasteiger partial charge in [-0.1, -0.05) is 6.07 Å². The Morgan fingerprint density at radius 3 is 2.12 bits per heavy atom. The smallest absolute Gasteiger partial charge is 0.255 e. The van der Waals surface area contributed by atoms with Crippen LogP contribution in [0.3, 0.4) is 0 Å². The highest BCUT2D eigenvalue weighted by atomic mass is 32.2. The van der Waals surface area contributed by atoms with E-state index in [4.69, 9.17) is 0 Å². The second kappa shape index (κ2) is 7.21. The molecule has 1 saturated heterocycles. The minimum atomic E-state index is -3.43. The van der Waals surface area contributed by atoms with Gasteiger partial charge in [0.2, 0.25) is 10.0 Å². The largest absolute Gasteiger partial charge is 0.322 e. The van der Waals surface area contributed by atoms with Gasteiger partial charge < -0.3 is 5.32 Å². The Bertz CT molecular complexity index is 928. The summed E-state index contributed by atoms with van der Waals surface area (Å²) in [5.41, 5.74) is 4.33. The van der Waals surface area contributed by atoms with Crippen LogP contribution in [0.2, 0.25) is 0 Å². The van der Waals surface area contributed by atoms with E-state index >= 15 is 0 Å². The lowest BCUT2D eigenvalue weighted by Crippen LogP contribution is -2.27. The van der Waals surface area contributed by atoms with E-state index in [9.17, 15) is 13.2 Å². The van der Waals surface area contributed by atoms with Crippen LogP contribution in [0, 0.1) is 20.8 Å². The number of hydrogen-bond donors (Lipinski definition) is 1. The van der Waals surface area contributed by atoms with Crippen molar-refractivity contribution in [2.24, 2.45) is 0 Å². The van der Waals surface area contributed by atoms with Crippen LogP contribution in [-0.2, 0) is 10.0 Å². The third-order valence-corrected chi connectivity index (χ3v) is 6.81. The molecule has 5 nitrogen and oxygen atoms in total. The molecule has 2 aromatic carbocycles. The number of carbonyl (C=O) groups excluding carboxylic acids is 1. The van der Waals surface area contributed by atoms with Crippen molar-refractivity contribution >= 4 is 21.6 Å². The van der Waals surface area contributed by atoms with Gasteiger partial charge in [0.15, 0.2) is 0 Å². The molecule has 26 heavy (non-hydrogen) atoms. The van der Waals surface area contributed by atoms with Crippen molar-refractivity contribution in [3.8, 4) is 0 Å². The van der Waals surface area contributed by atoms with Gasteiger partial charge >= 0.3 is 0 Å². The summed E-state index contributed by atoms with van der Waals surface area (Å²) in [5.74, 6) is -0.194. The number of aryl methyl sites for hydroxylation is 3. The highest BCUT2D eigenvalue weighted by Crippen LogP contribution is 2.23. The zero-order valence-corrected chi connectivity index (χ0v) is 16.2. The van der Waals surface area contributed by atoms with Crippen LogP contribution in [0.25, 0.3) is 0 Å². The van der Waals surface area contributed by atoms with Crippen LogP contribution in [0.1, 0.15) is 39.9 Å². The van der Waals surface area contributed by atoms with Gasteiger partial charge in [-0.25, -0.2) is 8.42 Å². The lowest BCUT2D eigenvalue weighted by atomic mass is 10.0. The molecule has 138 valence electrons.